The minimum absolute atomic E-state index is 0.156. The zero-order chi connectivity index (χ0) is 6.69. The predicted molar refractivity (Wildman–Crippen MR) is 33.2 cm³/mol. The predicted octanol–water partition coefficient (Wildman–Crippen LogP) is 0.849. The monoisotopic (exact) mass is 129 g/mol. The summed E-state index contributed by atoms with van der Waals surface area (Å²) in [4.78, 5) is 12.3. The Bertz CT molecular complexity index is 110. The van der Waals surface area contributed by atoms with Crippen molar-refractivity contribution in [2.75, 3.05) is 19.7 Å². The summed E-state index contributed by atoms with van der Waals surface area (Å²) in [5, 5.41) is 0. The van der Waals surface area contributed by atoms with E-state index in [4.69, 9.17) is 4.74 Å². The zero-order valence-corrected chi connectivity index (χ0v) is 5.59. The van der Waals surface area contributed by atoms with Crippen LogP contribution in [0.4, 0.5) is 4.79 Å². The van der Waals surface area contributed by atoms with Gasteiger partial charge >= 0.3 is 6.09 Å². The van der Waals surface area contributed by atoms with Crippen LogP contribution in [0.1, 0.15) is 13.3 Å². The number of carbonyl (C=O) groups excluding carboxylic acids is 1. The lowest BCUT2D eigenvalue weighted by Crippen LogP contribution is -2.12. The van der Waals surface area contributed by atoms with E-state index in [2.05, 4.69) is 0 Å². The fourth-order valence-electron chi connectivity index (χ4n) is 0.513. The maximum atomic E-state index is 10.7. The van der Waals surface area contributed by atoms with Crippen molar-refractivity contribution in [3.05, 3.63) is 0 Å². The molecule has 1 fully saturated rings. The lowest BCUT2D eigenvalue weighted by molar-refractivity contribution is 0.131. The number of carbonyl (C=O) groups is 1. The second-order valence-corrected chi connectivity index (χ2v) is 2.10. The van der Waals surface area contributed by atoms with E-state index in [9.17, 15) is 4.79 Å². The summed E-state index contributed by atoms with van der Waals surface area (Å²) in [5.74, 6) is 0. The second-order valence-electron chi connectivity index (χ2n) is 2.10. The number of hydrogen-bond acceptors (Lipinski definition) is 2. The largest absolute Gasteiger partial charge is 0.449 e. The molecule has 3 nitrogen and oxygen atoms in total. The molecular weight excluding hydrogens is 118 g/mol. The normalized spacial score (nSPS) is 15.4. The topological polar surface area (TPSA) is 29.3 Å². The van der Waals surface area contributed by atoms with Crippen LogP contribution in [-0.2, 0) is 4.74 Å². The standard InChI is InChI=1S/C6H11NO2/c1-2-5-9-6(8)7-3-4-7/h2-5H2,1H3. The van der Waals surface area contributed by atoms with E-state index in [0.29, 0.717) is 6.61 Å². The summed E-state index contributed by atoms with van der Waals surface area (Å²) >= 11 is 0. The van der Waals surface area contributed by atoms with Gasteiger partial charge in [-0.1, -0.05) is 6.92 Å². The van der Waals surface area contributed by atoms with Gasteiger partial charge in [0.05, 0.1) is 6.61 Å². The average Bonchev–Trinajstić information content (AvgIpc) is 2.63. The first-order valence-corrected chi connectivity index (χ1v) is 3.26. The molecule has 0 aromatic carbocycles. The molecule has 0 aromatic rings. The molecule has 0 bridgehead atoms. The third-order valence-corrected chi connectivity index (χ3v) is 1.14. The molecular formula is C6H11NO2. The Labute approximate surface area is 54.6 Å². The van der Waals surface area contributed by atoms with E-state index in [-0.39, 0.29) is 6.09 Å². The first kappa shape index (κ1) is 6.39. The van der Waals surface area contributed by atoms with Crippen LogP contribution in [0.5, 0.6) is 0 Å². The van der Waals surface area contributed by atoms with Gasteiger partial charge in [0.15, 0.2) is 0 Å². The fraction of sp³-hybridized carbons (Fsp3) is 0.833. The van der Waals surface area contributed by atoms with Gasteiger partial charge in [-0.2, -0.15) is 0 Å². The molecule has 0 spiro atoms. The highest BCUT2D eigenvalue weighted by Crippen LogP contribution is 2.05. The van der Waals surface area contributed by atoms with E-state index in [1.807, 2.05) is 6.92 Å². The van der Waals surface area contributed by atoms with Gasteiger partial charge in [-0.15, -0.1) is 0 Å². The molecule has 0 atom stereocenters. The highest BCUT2D eigenvalue weighted by atomic mass is 16.6. The molecule has 3 heteroatoms. The van der Waals surface area contributed by atoms with Crippen LogP contribution in [0.15, 0.2) is 0 Å². The van der Waals surface area contributed by atoms with Gasteiger partial charge in [-0.05, 0) is 6.42 Å². The van der Waals surface area contributed by atoms with E-state index >= 15 is 0 Å². The van der Waals surface area contributed by atoms with Gasteiger partial charge < -0.3 is 9.64 Å². The number of ether oxygens (including phenoxy) is 1. The SMILES string of the molecule is CCCOC(=O)N1CC1. The van der Waals surface area contributed by atoms with Crippen LogP contribution in [0.3, 0.4) is 0 Å². The van der Waals surface area contributed by atoms with Gasteiger partial charge in [0, 0.05) is 13.1 Å². The summed E-state index contributed by atoms with van der Waals surface area (Å²) in [6.07, 6.45) is 0.747. The zero-order valence-electron chi connectivity index (χ0n) is 5.59. The summed E-state index contributed by atoms with van der Waals surface area (Å²) in [7, 11) is 0. The Morgan fingerprint density at radius 2 is 2.33 bits per heavy atom. The molecule has 1 heterocycles. The molecule has 1 amide bonds. The molecule has 9 heavy (non-hydrogen) atoms. The number of nitrogens with zero attached hydrogens (tertiary/aromatic N) is 1. The van der Waals surface area contributed by atoms with Crippen molar-refractivity contribution in [3.63, 3.8) is 0 Å². The maximum absolute atomic E-state index is 10.7. The van der Waals surface area contributed by atoms with E-state index in [0.717, 1.165) is 19.5 Å². The Morgan fingerprint density at radius 3 is 2.78 bits per heavy atom. The van der Waals surface area contributed by atoms with Crippen LogP contribution in [0, 0.1) is 0 Å². The van der Waals surface area contributed by atoms with Crippen molar-refractivity contribution in [1.29, 1.82) is 0 Å². The fourth-order valence-corrected chi connectivity index (χ4v) is 0.513. The highest BCUT2D eigenvalue weighted by Gasteiger charge is 2.24. The molecule has 0 aliphatic carbocycles. The average molecular weight is 129 g/mol. The van der Waals surface area contributed by atoms with Crippen LogP contribution in [0.25, 0.3) is 0 Å². The van der Waals surface area contributed by atoms with Gasteiger partial charge in [-0.3, -0.25) is 0 Å². The van der Waals surface area contributed by atoms with Crippen LogP contribution in [0.2, 0.25) is 0 Å². The van der Waals surface area contributed by atoms with Crippen molar-refractivity contribution in [2.45, 2.75) is 13.3 Å². The van der Waals surface area contributed by atoms with E-state index in [1.165, 1.54) is 0 Å². The minimum Gasteiger partial charge on any atom is -0.449 e. The molecule has 1 aliphatic heterocycles. The van der Waals surface area contributed by atoms with Gasteiger partial charge in [0.1, 0.15) is 0 Å². The summed E-state index contributed by atoms with van der Waals surface area (Å²) in [6.45, 7) is 4.29. The van der Waals surface area contributed by atoms with Crippen molar-refractivity contribution >= 4 is 6.09 Å². The summed E-state index contributed by atoms with van der Waals surface area (Å²) in [6, 6.07) is 0. The smallest absolute Gasteiger partial charge is 0.409 e. The van der Waals surface area contributed by atoms with Crippen LogP contribution >= 0.6 is 0 Å². The Kier molecular flexibility index (Phi) is 1.92. The molecule has 0 radical (unpaired) electrons. The first-order valence-electron chi connectivity index (χ1n) is 3.26. The molecule has 0 N–H and O–H groups in total. The third kappa shape index (κ3) is 1.91. The van der Waals surface area contributed by atoms with Crippen LogP contribution < -0.4 is 0 Å². The minimum atomic E-state index is -0.156. The van der Waals surface area contributed by atoms with Crippen molar-refractivity contribution in [1.82, 2.24) is 4.90 Å². The molecule has 0 saturated carbocycles. The Morgan fingerprint density at radius 1 is 1.67 bits per heavy atom. The molecule has 52 valence electrons. The molecule has 1 saturated heterocycles. The maximum Gasteiger partial charge on any atom is 0.409 e. The molecule has 1 rings (SSSR count). The van der Waals surface area contributed by atoms with E-state index < -0.39 is 0 Å². The van der Waals surface area contributed by atoms with Gasteiger partial charge in [-0.25, -0.2) is 4.79 Å². The van der Waals surface area contributed by atoms with Crippen LogP contribution in [-0.4, -0.2) is 30.7 Å². The quantitative estimate of drug-likeness (QED) is 0.517. The van der Waals surface area contributed by atoms with Gasteiger partial charge in [0.25, 0.3) is 0 Å². The molecule has 0 unspecified atom stereocenters. The van der Waals surface area contributed by atoms with E-state index in [1.54, 1.807) is 4.90 Å². The number of hydrogen-bond donors (Lipinski definition) is 0. The van der Waals surface area contributed by atoms with Crippen molar-refractivity contribution in [3.8, 4) is 0 Å². The molecule has 0 aromatic heterocycles. The first-order chi connectivity index (χ1) is 4.34. The number of rotatable bonds is 2. The van der Waals surface area contributed by atoms with Gasteiger partial charge in [0.2, 0.25) is 0 Å². The molecule has 1 aliphatic rings. The Hall–Kier alpha value is -0.730. The summed E-state index contributed by atoms with van der Waals surface area (Å²) in [5.41, 5.74) is 0. The summed E-state index contributed by atoms with van der Waals surface area (Å²) < 4.78 is 4.80. The lowest BCUT2D eigenvalue weighted by Gasteiger charge is -2.00. The third-order valence-electron chi connectivity index (χ3n) is 1.14. The Balaban J connectivity index is 2.03. The number of amides is 1. The second kappa shape index (κ2) is 2.71. The van der Waals surface area contributed by atoms with Crippen molar-refractivity contribution < 1.29 is 9.53 Å². The lowest BCUT2D eigenvalue weighted by atomic mass is 10.5. The highest BCUT2D eigenvalue weighted by molar-refractivity contribution is 5.69. The van der Waals surface area contributed by atoms with Crippen molar-refractivity contribution in [2.24, 2.45) is 0 Å².